The van der Waals surface area contributed by atoms with Gasteiger partial charge in [-0.25, -0.2) is 4.79 Å². The van der Waals surface area contributed by atoms with Gasteiger partial charge in [-0.05, 0) is 85.7 Å². The van der Waals surface area contributed by atoms with Gasteiger partial charge in [0.1, 0.15) is 48.1 Å². The molecule has 90 heavy (non-hydrogen) atoms. The van der Waals surface area contributed by atoms with Crippen molar-refractivity contribution in [1.29, 1.82) is 0 Å². The summed E-state index contributed by atoms with van der Waals surface area (Å²) in [4.78, 5) is 29.8. The lowest BCUT2D eigenvalue weighted by Gasteiger charge is -2.51. The van der Waals surface area contributed by atoms with E-state index >= 15 is 0 Å². The number of carbonyl (C=O) groups is 2. The minimum absolute atomic E-state index is 0.0184. The molecule has 0 saturated carbocycles. The minimum atomic E-state index is -3.29. The molecule has 2 fully saturated rings. The van der Waals surface area contributed by atoms with E-state index in [1.54, 1.807) is 36.0 Å². The van der Waals surface area contributed by atoms with Crippen molar-refractivity contribution in [3.05, 3.63) is 282 Å². The second kappa shape index (κ2) is 30.5. The molecule has 0 radical (unpaired) electrons. The van der Waals surface area contributed by atoms with E-state index in [0.717, 1.165) is 53.9 Å². The van der Waals surface area contributed by atoms with Crippen LogP contribution in [0.1, 0.15) is 65.9 Å². The molecule has 9 aromatic rings. The molecule has 2 aliphatic rings. The van der Waals surface area contributed by atoms with E-state index in [2.05, 4.69) is 130 Å². The zero-order valence-electron chi connectivity index (χ0n) is 51.6. The summed E-state index contributed by atoms with van der Waals surface area (Å²) in [5.74, 6) is -1.06. The van der Waals surface area contributed by atoms with Crippen LogP contribution in [0.4, 0.5) is 0 Å². The second-order valence-corrected chi connectivity index (χ2v) is 29.5. The van der Waals surface area contributed by atoms with Crippen molar-refractivity contribution < 1.29 is 51.9 Å². The molecular formula is C76H79NO11SSi. The van der Waals surface area contributed by atoms with Gasteiger partial charge in [0.15, 0.2) is 12.4 Å². The number of aryl methyl sites for hydroxylation is 1. The third kappa shape index (κ3) is 15.9. The highest BCUT2D eigenvalue weighted by Crippen LogP contribution is 2.43. The molecule has 464 valence electrons. The maximum atomic E-state index is 14.8. The molecule has 14 heteroatoms. The van der Waals surface area contributed by atoms with Crippen LogP contribution >= 0.6 is 11.8 Å². The molecule has 1 N–H and O–H groups in total. The molecule has 0 unspecified atom stereocenters. The zero-order chi connectivity index (χ0) is 62.3. The molecule has 0 aliphatic carbocycles. The average Bonchev–Trinajstić information content (AvgIpc) is 0.805. The molecule has 2 saturated heterocycles. The zero-order valence-corrected chi connectivity index (χ0v) is 53.4. The van der Waals surface area contributed by atoms with E-state index < -0.39 is 85.7 Å². The van der Waals surface area contributed by atoms with Gasteiger partial charge in [-0.2, -0.15) is 0 Å². The normalized spacial score (nSPS) is 22.0. The smallest absolute Gasteiger partial charge is 0.338 e. The fourth-order valence-corrected chi connectivity index (χ4v) is 17.8. The van der Waals surface area contributed by atoms with Crippen LogP contribution in [0, 0.1) is 6.92 Å². The summed E-state index contributed by atoms with van der Waals surface area (Å²) in [6, 6.07) is 81.1. The Labute approximate surface area is 534 Å². The van der Waals surface area contributed by atoms with Gasteiger partial charge in [-0.1, -0.05) is 256 Å². The number of benzene rings is 9. The summed E-state index contributed by atoms with van der Waals surface area (Å²) in [5, 5.41) is 7.03. The Morgan fingerprint density at radius 2 is 1.00 bits per heavy atom. The standard InChI is InChI=1S/C76H79NO11SSi/c1-53-40-44-62(45-41-53)89-75-72(83-49-57-30-16-8-17-31-57)71(82-48-56-28-14-7-15-29-56)69(66(86-75)52-84-90(76(3,4)5,63-36-20-10-21-37-63)64-38-22-11-23-39-64)88-74-67(77-54(2)78)70(87-73(79)60-33-18-9-19-34-60)68(65(85-74)51-80-47-55-26-12-6-13-27-55)81-50-58-42-43-59-32-24-25-35-61(59)46-58/h6-46,65-72,74-75H,47-52H2,1-5H3,(H,77,78)/t65-,66-,67-,68-,69-,70-,71+,72-,74-,75+/m1/s1. The van der Waals surface area contributed by atoms with Crippen molar-refractivity contribution in [2.45, 2.75) is 131 Å². The van der Waals surface area contributed by atoms with E-state index in [0.29, 0.717) is 5.56 Å². The third-order valence-electron chi connectivity index (χ3n) is 16.5. The molecule has 10 atom stereocenters. The van der Waals surface area contributed by atoms with Crippen molar-refractivity contribution in [2.24, 2.45) is 0 Å². The summed E-state index contributed by atoms with van der Waals surface area (Å²) < 4.78 is 65.6. The van der Waals surface area contributed by atoms with Crippen LogP contribution in [-0.4, -0.2) is 93.9 Å². The first-order valence-electron chi connectivity index (χ1n) is 30.9. The monoisotopic (exact) mass is 1240 g/mol. The predicted octanol–water partition coefficient (Wildman–Crippen LogP) is 13.4. The summed E-state index contributed by atoms with van der Waals surface area (Å²) in [6.45, 7) is 10.9. The molecule has 2 aliphatic heterocycles. The number of nitrogens with one attached hydrogen (secondary N) is 1. The van der Waals surface area contributed by atoms with Crippen LogP contribution < -0.4 is 15.7 Å². The molecule has 12 nitrogen and oxygen atoms in total. The van der Waals surface area contributed by atoms with Crippen LogP contribution in [0.3, 0.4) is 0 Å². The van der Waals surface area contributed by atoms with E-state index in [4.69, 9.17) is 42.3 Å². The predicted molar refractivity (Wildman–Crippen MR) is 355 cm³/mol. The van der Waals surface area contributed by atoms with E-state index in [9.17, 15) is 9.59 Å². The summed E-state index contributed by atoms with van der Waals surface area (Å²) >= 11 is 1.55. The number of fused-ring (bicyclic) bond motifs is 1. The third-order valence-corrected chi connectivity index (χ3v) is 22.7. The van der Waals surface area contributed by atoms with Crippen molar-refractivity contribution >= 4 is 53.1 Å². The SMILES string of the molecule is CC(=O)N[C@H]1[C@@H](O[C@H]2[C@H](OCc3ccccc3)[C@@H](OCc3ccccc3)[C@H](Sc3ccc(C)cc3)O[C@@H]2CO[Si](c2ccccc2)(c2ccccc2)C(C)(C)C)O[C@H](COCc2ccccc2)[C@@H](OCc2ccc3ccccc3c2)[C@@H]1OC(=O)c1ccccc1. The lowest BCUT2D eigenvalue weighted by atomic mass is 9.94. The van der Waals surface area contributed by atoms with Crippen molar-refractivity contribution in [3.8, 4) is 0 Å². The summed E-state index contributed by atoms with van der Waals surface area (Å²) in [6.07, 6.45) is -8.32. The molecule has 0 bridgehead atoms. The van der Waals surface area contributed by atoms with E-state index in [-0.39, 0.29) is 39.6 Å². The van der Waals surface area contributed by atoms with Gasteiger partial charge in [-0.15, -0.1) is 0 Å². The van der Waals surface area contributed by atoms with Crippen molar-refractivity contribution in [2.75, 3.05) is 13.2 Å². The van der Waals surface area contributed by atoms with Crippen LogP contribution in [0.15, 0.2) is 254 Å². The van der Waals surface area contributed by atoms with Gasteiger partial charge >= 0.3 is 5.97 Å². The van der Waals surface area contributed by atoms with Crippen molar-refractivity contribution in [3.63, 3.8) is 0 Å². The molecular weight excluding hydrogens is 1160 g/mol. The first-order chi connectivity index (χ1) is 43.9. The number of hydrogen-bond acceptors (Lipinski definition) is 12. The van der Waals surface area contributed by atoms with Crippen LogP contribution in [0.5, 0.6) is 0 Å². The average molecular weight is 1240 g/mol. The highest BCUT2D eigenvalue weighted by atomic mass is 32.2. The fraction of sp³-hybridized carbons (Fsp3) is 0.289. The van der Waals surface area contributed by atoms with Gasteiger partial charge in [0.25, 0.3) is 8.32 Å². The van der Waals surface area contributed by atoms with Gasteiger partial charge in [0.05, 0.1) is 45.2 Å². The molecule has 9 aromatic carbocycles. The largest absolute Gasteiger partial charge is 0.453 e. The lowest BCUT2D eigenvalue weighted by Crippen LogP contribution is -2.70. The highest BCUT2D eigenvalue weighted by molar-refractivity contribution is 7.99. The topological polar surface area (TPSA) is 129 Å². The van der Waals surface area contributed by atoms with E-state index in [1.807, 2.05) is 127 Å². The molecule has 1 amide bonds. The van der Waals surface area contributed by atoms with Crippen LogP contribution in [0.2, 0.25) is 5.04 Å². The molecule has 0 aromatic heterocycles. The number of rotatable bonds is 25. The maximum absolute atomic E-state index is 14.8. The number of amides is 1. The number of ether oxygens (including phenoxy) is 8. The Morgan fingerprint density at radius 1 is 0.500 bits per heavy atom. The van der Waals surface area contributed by atoms with Crippen LogP contribution in [-0.2, 0) is 73.5 Å². The first-order valence-corrected chi connectivity index (χ1v) is 33.7. The maximum Gasteiger partial charge on any atom is 0.338 e. The Bertz CT molecular complexity index is 3640. The van der Waals surface area contributed by atoms with Gasteiger partial charge in [-0.3, -0.25) is 4.79 Å². The Hall–Kier alpha value is -7.57. The Balaban J connectivity index is 1.06. The highest BCUT2D eigenvalue weighted by Gasteiger charge is 2.57. The fourth-order valence-electron chi connectivity index (χ4n) is 12.1. The first kappa shape index (κ1) is 64.0. The number of carbonyl (C=O) groups excluding carboxylic acids is 2. The lowest BCUT2D eigenvalue weighted by molar-refractivity contribution is -0.329. The van der Waals surface area contributed by atoms with Crippen LogP contribution in [0.25, 0.3) is 10.8 Å². The summed E-state index contributed by atoms with van der Waals surface area (Å²) in [5.41, 5.74) is 4.42. The second-order valence-electron chi connectivity index (χ2n) is 24.0. The Kier molecular flexibility index (Phi) is 21.7. The quantitative estimate of drug-likeness (QED) is 0.0432. The minimum Gasteiger partial charge on any atom is -0.453 e. The summed E-state index contributed by atoms with van der Waals surface area (Å²) in [7, 11) is -3.29. The van der Waals surface area contributed by atoms with Gasteiger partial charge in [0, 0.05) is 11.8 Å². The van der Waals surface area contributed by atoms with Gasteiger partial charge in [0.2, 0.25) is 5.91 Å². The number of esters is 1. The Morgan fingerprint density at radius 3 is 1.58 bits per heavy atom. The number of thioether (sulfide) groups is 1. The van der Waals surface area contributed by atoms with E-state index in [1.165, 1.54) is 6.92 Å². The molecule has 11 rings (SSSR count). The molecule has 0 spiro atoms. The molecule has 2 heterocycles. The van der Waals surface area contributed by atoms with Gasteiger partial charge < -0.3 is 47.6 Å². The number of hydrogen-bond donors (Lipinski definition) is 1. The van der Waals surface area contributed by atoms with Crippen molar-refractivity contribution in [1.82, 2.24) is 5.32 Å².